The van der Waals surface area contributed by atoms with Crippen LogP contribution in [0.25, 0.3) is 0 Å². The molecule has 138 valence electrons. The number of anilines is 4. The molecule has 7 nitrogen and oxygen atoms in total. The minimum Gasteiger partial charge on any atom is -0.353 e. The number of hydrogen-bond donors (Lipinski definition) is 1. The van der Waals surface area contributed by atoms with Crippen LogP contribution in [-0.4, -0.2) is 46.1 Å². The molecule has 8 heteroatoms. The number of rotatable bonds is 4. The summed E-state index contributed by atoms with van der Waals surface area (Å²) in [6.07, 6.45) is 5.14. The first-order valence-corrected chi connectivity index (χ1v) is 9.19. The maximum absolute atomic E-state index is 6.03. The lowest BCUT2D eigenvalue weighted by atomic mass is 10.2. The number of halogens is 1. The van der Waals surface area contributed by atoms with E-state index in [1.807, 2.05) is 37.3 Å². The number of aryl methyl sites for hydroxylation is 1. The van der Waals surface area contributed by atoms with Crippen molar-refractivity contribution in [1.29, 1.82) is 0 Å². The van der Waals surface area contributed by atoms with Crippen LogP contribution >= 0.6 is 11.6 Å². The standard InChI is InChI=1S/C19H20ClN7/c1-14-11-15(20)3-4-16(14)25-17-12-18(24-13-23-17)26-7-9-27(10-8-26)19-21-5-2-6-22-19/h2-6,11-13H,7-10H2,1H3,(H,23,24,25). The summed E-state index contributed by atoms with van der Waals surface area (Å²) in [5.74, 6) is 2.45. The van der Waals surface area contributed by atoms with Gasteiger partial charge in [0.1, 0.15) is 18.0 Å². The van der Waals surface area contributed by atoms with Crippen LogP contribution in [0, 0.1) is 6.92 Å². The van der Waals surface area contributed by atoms with Crippen molar-refractivity contribution in [1.82, 2.24) is 19.9 Å². The average molecular weight is 382 g/mol. The Morgan fingerprint density at radius 3 is 2.41 bits per heavy atom. The molecule has 1 saturated heterocycles. The fraction of sp³-hybridized carbons (Fsp3) is 0.263. The molecule has 3 aromatic rings. The molecule has 1 aliphatic rings. The predicted molar refractivity (Wildman–Crippen MR) is 108 cm³/mol. The third-order valence-electron chi connectivity index (χ3n) is 4.54. The molecule has 0 saturated carbocycles. The van der Waals surface area contributed by atoms with E-state index in [0.29, 0.717) is 0 Å². The molecule has 0 radical (unpaired) electrons. The van der Waals surface area contributed by atoms with Crippen molar-refractivity contribution >= 4 is 34.9 Å². The van der Waals surface area contributed by atoms with Crippen molar-refractivity contribution in [3.05, 3.63) is 59.6 Å². The Balaban J connectivity index is 1.44. The van der Waals surface area contributed by atoms with Crippen molar-refractivity contribution in [3.63, 3.8) is 0 Å². The fourth-order valence-corrected chi connectivity index (χ4v) is 3.31. The van der Waals surface area contributed by atoms with Crippen molar-refractivity contribution < 1.29 is 0 Å². The number of piperazine rings is 1. The molecule has 0 unspecified atom stereocenters. The van der Waals surface area contributed by atoms with E-state index in [2.05, 4.69) is 35.1 Å². The zero-order valence-corrected chi connectivity index (χ0v) is 15.8. The molecule has 0 atom stereocenters. The highest BCUT2D eigenvalue weighted by atomic mass is 35.5. The number of nitrogens with zero attached hydrogens (tertiary/aromatic N) is 6. The third kappa shape index (κ3) is 4.09. The molecule has 1 fully saturated rings. The van der Waals surface area contributed by atoms with E-state index in [0.717, 1.165) is 60.0 Å². The minimum absolute atomic E-state index is 0.724. The lowest BCUT2D eigenvalue weighted by molar-refractivity contribution is 0.634. The van der Waals surface area contributed by atoms with E-state index in [1.54, 1.807) is 18.7 Å². The number of nitrogens with one attached hydrogen (secondary N) is 1. The van der Waals surface area contributed by atoms with Crippen molar-refractivity contribution in [2.24, 2.45) is 0 Å². The zero-order chi connectivity index (χ0) is 18.6. The molecule has 1 aliphatic heterocycles. The summed E-state index contributed by atoms with van der Waals surface area (Å²) in [4.78, 5) is 21.9. The Bertz CT molecular complexity index is 911. The van der Waals surface area contributed by atoms with Gasteiger partial charge in [0.25, 0.3) is 0 Å². The summed E-state index contributed by atoms with van der Waals surface area (Å²) >= 11 is 6.03. The van der Waals surface area contributed by atoms with Crippen LogP contribution in [0.1, 0.15) is 5.56 Å². The molecular formula is C19H20ClN7. The Morgan fingerprint density at radius 2 is 1.67 bits per heavy atom. The Labute approximate surface area is 163 Å². The van der Waals surface area contributed by atoms with Gasteiger partial charge in [-0.25, -0.2) is 19.9 Å². The first-order valence-electron chi connectivity index (χ1n) is 8.81. The maximum Gasteiger partial charge on any atom is 0.225 e. The van der Waals surface area contributed by atoms with Crippen molar-refractivity contribution in [2.75, 3.05) is 41.3 Å². The van der Waals surface area contributed by atoms with Crippen LogP contribution < -0.4 is 15.1 Å². The van der Waals surface area contributed by atoms with Gasteiger partial charge >= 0.3 is 0 Å². The molecule has 0 amide bonds. The van der Waals surface area contributed by atoms with Gasteiger partial charge in [0.05, 0.1) is 0 Å². The number of aromatic nitrogens is 4. The minimum atomic E-state index is 0.724. The Kier molecular flexibility index (Phi) is 5.02. The van der Waals surface area contributed by atoms with Gasteiger partial charge in [0, 0.05) is 55.3 Å². The van der Waals surface area contributed by atoms with Crippen molar-refractivity contribution in [2.45, 2.75) is 6.92 Å². The Morgan fingerprint density at radius 1 is 0.926 bits per heavy atom. The molecule has 0 aliphatic carbocycles. The monoisotopic (exact) mass is 381 g/mol. The molecule has 4 rings (SSSR count). The number of benzene rings is 1. The van der Waals surface area contributed by atoms with Gasteiger partial charge in [0.2, 0.25) is 5.95 Å². The van der Waals surface area contributed by atoms with Crippen LogP contribution in [0.4, 0.5) is 23.3 Å². The second kappa shape index (κ2) is 7.75. The molecule has 1 aromatic carbocycles. The first kappa shape index (κ1) is 17.5. The van der Waals surface area contributed by atoms with E-state index >= 15 is 0 Å². The summed E-state index contributed by atoms with van der Waals surface area (Å²) in [7, 11) is 0. The fourth-order valence-electron chi connectivity index (χ4n) is 3.08. The molecular weight excluding hydrogens is 362 g/mol. The van der Waals surface area contributed by atoms with E-state index in [9.17, 15) is 0 Å². The van der Waals surface area contributed by atoms with Crippen LogP contribution in [-0.2, 0) is 0 Å². The summed E-state index contributed by atoms with van der Waals surface area (Å²) in [6, 6.07) is 9.55. The van der Waals surface area contributed by atoms with Crippen molar-refractivity contribution in [3.8, 4) is 0 Å². The highest BCUT2D eigenvalue weighted by Gasteiger charge is 2.20. The molecule has 0 spiro atoms. The van der Waals surface area contributed by atoms with Gasteiger partial charge in [-0.3, -0.25) is 0 Å². The second-order valence-electron chi connectivity index (χ2n) is 6.37. The molecule has 0 bridgehead atoms. The first-order chi connectivity index (χ1) is 13.2. The van der Waals surface area contributed by atoms with Gasteiger partial charge in [-0.2, -0.15) is 0 Å². The normalized spacial score (nSPS) is 14.3. The van der Waals surface area contributed by atoms with Gasteiger partial charge in [0.15, 0.2) is 0 Å². The molecule has 3 heterocycles. The quantitative estimate of drug-likeness (QED) is 0.743. The van der Waals surface area contributed by atoms with Crippen LogP contribution in [0.5, 0.6) is 0 Å². The van der Waals surface area contributed by atoms with E-state index < -0.39 is 0 Å². The highest BCUT2D eigenvalue weighted by molar-refractivity contribution is 6.30. The predicted octanol–water partition coefficient (Wildman–Crippen LogP) is 3.30. The summed E-state index contributed by atoms with van der Waals surface area (Å²) < 4.78 is 0. The van der Waals surface area contributed by atoms with E-state index in [4.69, 9.17) is 11.6 Å². The molecule has 2 aromatic heterocycles. The summed E-state index contributed by atoms with van der Waals surface area (Å²) in [5, 5.41) is 4.07. The smallest absolute Gasteiger partial charge is 0.225 e. The topological polar surface area (TPSA) is 70.1 Å². The van der Waals surface area contributed by atoms with Gasteiger partial charge in [-0.15, -0.1) is 0 Å². The number of hydrogen-bond acceptors (Lipinski definition) is 7. The summed E-state index contributed by atoms with van der Waals surface area (Å²) in [6.45, 7) is 5.44. The lowest BCUT2D eigenvalue weighted by Crippen LogP contribution is -2.47. The van der Waals surface area contributed by atoms with E-state index in [-0.39, 0.29) is 0 Å². The van der Waals surface area contributed by atoms with Crippen LogP contribution in [0.15, 0.2) is 49.1 Å². The average Bonchev–Trinajstić information content (AvgIpc) is 2.71. The molecule has 27 heavy (non-hydrogen) atoms. The maximum atomic E-state index is 6.03. The largest absolute Gasteiger partial charge is 0.353 e. The lowest BCUT2D eigenvalue weighted by Gasteiger charge is -2.35. The van der Waals surface area contributed by atoms with Crippen LogP contribution in [0.2, 0.25) is 5.02 Å². The van der Waals surface area contributed by atoms with Crippen LogP contribution in [0.3, 0.4) is 0 Å². The third-order valence-corrected chi connectivity index (χ3v) is 4.78. The second-order valence-corrected chi connectivity index (χ2v) is 6.81. The van der Waals surface area contributed by atoms with E-state index in [1.165, 1.54) is 0 Å². The van der Waals surface area contributed by atoms with Gasteiger partial charge in [-0.05, 0) is 36.8 Å². The highest BCUT2D eigenvalue weighted by Crippen LogP contribution is 2.24. The SMILES string of the molecule is Cc1cc(Cl)ccc1Nc1cc(N2CCN(c3ncccn3)CC2)ncn1. The van der Waals surface area contributed by atoms with Gasteiger partial charge < -0.3 is 15.1 Å². The Hall–Kier alpha value is -2.93. The zero-order valence-electron chi connectivity index (χ0n) is 15.0. The summed E-state index contributed by atoms with van der Waals surface area (Å²) in [5.41, 5.74) is 2.05. The molecule has 1 N–H and O–H groups in total. The van der Waals surface area contributed by atoms with Gasteiger partial charge in [-0.1, -0.05) is 11.6 Å².